The summed E-state index contributed by atoms with van der Waals surface area (Å²) in [5, 5.41) is 11.2. The van der Waals surface area contributed by atoms with Gasteiger partial charge in [-0.2, -0.15) is 0 Å². The third kappa shape index (κ3) is 5.11. The van der Waals surface area contributed by atoms with Crippen LogP contribution < -0.4 is 14.8 Å². The van der Waals surface area contributed by atoms with Crippen LogP contribution in [-0.4, -0.2) is 35.1 Å². The Balaban J connectivity index is 1.93. The van der Waals surface area contributed by atoms with Gasteiger partial charge in [-0.3, -0.25) is 10.1 Å². The van der Waals surface area contributed by atoms with Crippen LogP contribution in [0.5, 0.6) is 11.5 Å². The predicted molar refractivity (Wildman–Crippen MR) is 92.6 cm³/mol. The van der Waals surface area contributed by atoms with Crippen LogP contribution in [-0.2, 0) is 4.79 Å². The van der Waals surface area contributed by atoms with Crippen molar-refractivity contribution in [2.75, 3.05) is 18.2 Å². The van der Waals surface area contributed by atoms with Gasteiger partial charge in [0.15, 0.2) is 21.9 Å². The Morgan fingerprint density at radius 2 is 2.09 bits per heavy atom. The van der Waals surface area contributed by atoms with E-state index in [9.17, 15) is 4.79 Å². The van der Waals surface area contributed by atoms with Gasteiger partial charge in [-0.1, -0.05) is 42.2 Å². The number of para-hydroxylation sites is 2. The van der Waals surface area contributed by atoms with Crippen LogP contribution in [0, 0.1) is 0 Å². The van der Waals surface area contributed by atoms with E-state index in [0.717, 1.165) is 16.5 Å². The maximum absolute atomic E-state index is 12.2. The number of hydrogen-bond donors (Lipinski definition) is 1. The molecule has 0 bridgehead atoms. The lowest BCUT2D eigenvalue weighted by molar-refractivity contribution is -0.122. The molecular formula is C15H19N3O3S2. The number of rotatable bonds is 8. The number of ether oxygens (including phenoxy) is 2. The SMILES string of the molecule is CCCSc1nnc(NC(=O)[C@@H](C)Oc2ccccc2OC)s1. The molecule has 2 aromatic rings. The first-order chi connectivity index (χ1) is 11.1. The Kier molecular flexibility index (Phi) is 6.66. The number of hydrogen-bond acceptors (Lipinski definition) is 7. The van der Waals surface area contributed by atoms with Crippen molar-refractivity contribution in [2.24, 2.45) is 0 Å². The second kappa shape index (κ2) is 8.73. The molecule has 124 valence electrons. The first-order valence-corrected chi connectivity index (χ1v) is 9.01. The number of aromatic nitrogens is 2. The summed E-state index contributed by atoms with van der Waals surface area (Å²) in [6.07, 6.45) is 0.386. The van der Waals surface area contributed by atoms with Crippen molar-refractivity contribution >= 4 is 34.1 Å². The number of carbonyl (C=O) groups excluding carboxylic acids is 1. The van der Waals surface area contributed by atoms with Crippen molar-refractivity contribution in [1.29, 1.82) is 0 Å². The number of anilines is 1. The van der Waals surface area contributed by atoms with Crippen molar-refractivity contribution in [2.45, 2.75) is 30.7 Å². The van der Waals surface area contributed by atoms with E-state index >= 15 is 0 Å². The molecule has 0 spiro atoms. The normalized spacial score (nSPS) is 11.8. The predicted octanol–water partition coefficient (Wildman–Crippen LogP) is 3.45. The van der Waals surface area contributed by atoms with Crippen LogP contribution in [0.25, 0.3) is 0 Å². The highest BCUT2D eigenvalue weighted by atomic mass is 32.2. The quantitative estimate of drug-likeness (QED) is 0.579. The molecule has 0 aliphatic rings. The molecule has 0 aliphatic heterocycles. The summed E-state index contributed by atoms with van der Waals surface area (Å²) in [6, 6.07) is 7.20. The summed E-state index contributed by atoms with van der Waals surface area (Å²) in [7, 11) is 1.56. The highest BCUT2D eigenvalue weighted by Gasteiger charge is 2.18. The maximum atomic E-state index is 12.2. The van der Waals surface area contributed by atoms with Gasteiger partial charge in [0.25, 0.3) is 5.91 Å². The zero-order valence-electron chi connectivity index (χ0n) is 13.2. The Labute approximate surface area is 143 Å². The summed E-state index contributed by atoms with van der Waals surface area (Å²) < 4.78 is 11.7. The number of thioether (sulfide) groups is 1. The van der Waals surface area contributed by atoms with Crippen molar-refractivity contribution < 1.29 is 14.3 Å². The van der Waals surface area contributed by atoms with E-state index in [1.807, 2.05) is 12.1 Å². The number of methoxy groups -OCH3 is 1. The molecule has 0 saturated carbocycles. The van der Waals surface area contributed by atoms with Crippen LogP contribution >= 0.6 is 23.1 Å². The van der Waals surface area contributed by atoms with Crippen LogP contribution in [0.2, 0.25) is 0 Å². The summed E-state index contributed by atoms with van der Waals surface area (Å²) in [5.41, 5.74) is 0. The molecule has 1 heterocycles. The van der Waals surface area contributed by atoms with Crippen LogP contribution in [0.15, 0.2) is 28.6 Å². The Morgan fingerprint density at radius 3 is 2.78 bits per heavy atom. The molecular weight excluding hydrogens is 334 g/mol. The molecule has 1 aromatic carbocycles. The minimum atomic E-state index is -0.679. The van der Waals surface area contributed by atoms with Crippen molar-refractivity contribution in [3.05, 3.63) is 24.3 Å². The molecule has 0 aliphatic carbocycles. The fraction of sp³-hybridized carbons (Fsp3) is 0.400. The highest BCUT2D eigenvalue weighted by Crippen LogP contribution is 2.28. The molecule has 8 heteroatoms. The average molecular weight is 353 g/mol. The molecule has 6 nitrogen and oxygen atoms in total. The maximum Gasteiger partial charge on any atom is 0.266 e. The molecule has 2 rings (SSSR count). The van der Waals surface area contributed by atoms with E-state index in [1.165, 1.54) is 11.3 Å². The minimum Gasteiger partial charge on any atom is -0.493 e. The molecule has 0 saturated heterocycles. The van der Waals surface area contributed by atoms with E-state index < -0.39 is 6.10 Å². The molecule has 1 N–H and O–H groups in total. The van der Waals surface area contributed by atoms with Gasteiger partial charge in [0, 0.05) is 5.75 Å². The lowest BCUT2D eigenvalue weighted by Gasteiger charge is -2.15. The second-order valence-electron chi connectivity index (χ2n) is 4.62. The van der Waals surface area contributed by atoms with E-state index in [1.54, 1.807) is 37.9 Å². The Hall–Kier alpha value is -1.80. The van der Waals surface area contributed by atoms with Gasteiger partial charge < -0.3 is 9.47 Å². The molecule has 1 aromatic heterocycles. The largest absolute Gasteiger partial charge is 0.493 e. The van der Waals surface area contributed by atoms with Gasteiger partial charge in [0.1, 0.15) is 0 Å². The van der Waals surface area contributed by atoms with Gasteiger partial charge in [-0.05, 0) is 25.5 Å². The Morgan fingerprint density at radius 1 is 1.35 bits per heavy atom. The summed E-state index contributed by atoms with van der Waals surface area (Å²) in [6.45, 7) is 3.78. The molecule has 0 radical (unpaired) electrons. The van der Waals surface area contributed by atoms with E-state index in [2.05, 4.69) is 22.4 Å². The molecule has 1 atom stereocenters. The first kappa shape index (κ1) is 17.6. The van der Waals surface area contributed by atoms with E-state index in [0.29, 0.717) is 16.6 Å². The van der Waals surface area contributed by atoms with Crippen LogP contribution in [0.3, 0.4) is 0 Å². The fourth-order valence-electron chi connectivity index (χ4n) is 1.68. The topological polar surface area (TPSA) is 73.3 Å². The number of amides is 1. The lowest BCUT2D eigenvalue weighted by Crippen LogP contribution is -2.30. The summed E-state index contributed by atoms with van der Waals surface area (Å²) in [5.74, 6) is 1.81. The van der Waals surface area contributed by atoms with Crippen molar-refractivity contribution in [1.82, 2.24) is 10.2 Å². The van der Waals surface area contributed by atoms with Gasteiger partial charge in [-0.15, -0.1) is 10.2 Å². The number of nitrogens with one attached hydrogen (secondary N) is 1. The zero-order chi connectivity index (χ0) is 16.7. The van der Waals surface area contributed by atoms with E-state index in [4.69, 9.17) is 9.47 Å². The first-order valence-electron chi connectivity index (χ1n) is 7.21. The smallest absolute Gasteiger partial charge is 0.266 e. The third-order valence-corrected chi connectivity index (χ3v) is 4.99. The molecule has 23 heavy (non-hydrogen) atoms. The van der Waals surface area contributed by atoms with Gasteiger partial charge >= 0.3 is 0 Å². The second-order valence-corrected chi connectivity index (χ2v) is 6.94. The number of benzene rings is 1. The minimum absolute atomic E-state index is 0.279. The monoisotopic (exact) mass is 353 g/mol. The van der Waals surface area contributed by atoms with Crippen LogP contribution in [0.4, 0.5) is 5.13 Å². The number of nitrogens with zero attached hydrogens (tertiary/aromatic N) is 2. The third-order valence-electron chi connectivity index (χ3n) is 2.81. The molecule has 1 amide bonds. The lowest BCUT2D eigenvalue weighted by atomic mass is 10.3. The van der Waals surface area contributed by atoms with Crippen molar-refractivity contribution in [3.8, 4) is 11.5 Å². The Bertz CT molecular complexity index is 648. The summed E-state index contributed by atoms with van der Waals surface area (Å²) >= 11 is 2.99. The highest BCUT2D eigenvalue weighted by molar-refractivity contribution is 8.01. The standard InChI is InChI=1S/C15H19N3O3S2/c1-4-9-22-15-18-17-14(23-15)16-13(19)10(2)21-12-8-6-5-7-11(12)20-3/h5-8,10H,4,9H2,1-3H3,(H,16,17,19)/t10-/m1/s1. The average Bonchev–Trinajstić information content (AvgIpc) is 3.00. The van der Waals surface area contributed by atoms with E-state index in [-0.39, 0.29) is 5.91 Å². The summed E-state index contributed by atoms with van der Waals surface area (Å²) in [4.78, 5) is 12.2. The van der Waals surface area contributed by atoms with Gasteiger partial charge in [0.05, 0.1) is 7.11 Å². The molecule has 0 fully saturated rings. The van der Waals surface area contributed by atoms with Crippen LogP contribution in [0.1, 0.15) is 20.3 Å². The zero-order valence-corrected chi connectivity index (χ0v) is 14.9. The van der Waals surface area contributed by atoms with Gasteiger partial charge in [0.2, 0.25) is 5.13 Å². The molecule has 0 unspecified atom stereocenters. The van der Waals surface area contributed by atoms with Gasteiger partial charge in [-0.25, -0.2) is 0 Å². The fourth-order valence-corrected chi connectivity index (χ4v) is 3.36. The van der Waals surface area contributed by atoms with Crippen molar-refractivity contribution in [3.63, 3.8) is 0 Å². The number of carbonyl (C=O) groups is 1.